The van der Waals surface area contributed by atoms with Crippen LogP contribution in [0.25, 0.3) is 0 Å². The van der Waals surface area contributed by atoms with Crippen molar-refractivity contribution in [2.24, 2.45) is 5.73 Å². The Morgan fingerprint density at radius 1 is 1.35 bits per heavy atom. The Bertz CT molecular complexity index is 545. The molecule has 0 atom stereocenters. The first-order valence-corrected chi connectivity index (χ1v) is 7.53. The topological polar surface area (TPSA) is 111 Å². The molecule has 1 aromatic rings. The van der Waals surface area contributed by atoms with Gasteiger partial charge < -0.3 is 15.8 Å². The van der Waals surface area contributed by atoms with Gasteiger partial charge in [-0.05, 0) is 11.6 Å². The van der Waals surface area contributed by atoms with E-state index in [4.69, 9.17) is 10.5 Å². The number of nitrogens with two attached hydrogens (primary N) is 1. The summed E-state index contributed by atoms with van der Waals surface area (Å²) in [7, 11) is -2.24. The second kappa shape index (κ2) is 7.95. The predicted octanol–water partition coefficient (Wildman–Crippen LogP) is -0.814. The zero-order valence-corrected chi connectivity index (χ0v) is 12.1. The Labute approximate surface area is 118 Å². The second-order valence-corrected chi connectivity index (χ2v) is 5.71. The van der Waals surface area contributed by atoms with Gasteiger partial charge in [-0.1, -0.05) is 18.2 Å². The first-order valence-electron chi connectivity index (χ1n) is 6.04. The number of nitrogens with one attached hydrogen (secondary N) is 2. The molecule has 1 aromatic carbocycles. The van der Waals surface area contributed by atoms with Gasteiger partial charge >= 0.3 is 0 Å². The molecule has 0 heterocycles. The SMILES string of the molecule is COCCNC(=O)CNS(=O)(=O)c1ccccc1CN. The first kappa shape index (κ1) is 16.6. The van der Waals surface area contributed by atoms with Gasteiger partial charge in [-0.2, -0.15) is 0 Å². The third-order valence-electron chi connectivity index (χ3n) is 2.53. The molecule has 0 aliphatic rings. The van der Waals surface area contributed by atoms with E-state index in [0.29, 0.717) is 18.7 Å². The van der Waals surface area contributed by atoms with Crippen molar-refractivity contribution in [2.45, 2.75) is 11.4 Å². The maximum atomic E-state index is 12.1. The predicted molar refractivity (Wildman–Crippen MR) is 74.4 cm³/mol. The average Bonchev–Trinajstić information content (AvgIpc) is 2.45. The van der Waals surface area contributed by atoms with Gasteiger partial charge in [0.1, 0.15) is 0 Å². The Hall–Kier alpha value is -1.48. The molecule has 0 aliphatic heterocycles. The largest absolute Gasteiger partial charge is 0.383 e. The van der Waals surface area contributed by atoms with Gasteiger partial charge in [-0.25, -0.2) is 13.1 Å². The Morgan fingerprint density at radius 2 is 2.05 bits per heavy atom. The average molecular weight is 301 g/mol. The molecule has 0 aliphatic carbocycles. The molecule has 4 N–H and O–H groups in total. The van der Waals surface area contributed by atoms with E-state index < -0.39 is 15.9 Å². The van der Waals surface area contributed by atoms with E-state index in [2.05, 4.69) is 10.0 Å². The number of ether oxygens (including phenoxy) is 1. The van der Waals surface area contributed by atoms with Crippen LogP contribution in [0.2, 0.25) is 0 Å². The minimum absolute atomic E-state index is 0.0900. The van der Waals surface area contributed by atoms with Crippen LogP contribution < -0.4 is 15.8 Å². The highest BCUT2D eigenvalue weighted by Gasteiger charge is 2.18. The minimum Gasteiger partial charge on any atom is -0.383 e. The summed E-state index contributed by atoms with van der Waals surface area (Å²) in [6.45, 7) is 0.479. The number of carbonyl (C=O) groups excluding carboxylic acids is 1. The number of sulfonamides is 1. The monoisotopic (exact) mass is 301 g/mol. The lowest BCUT2D eigenvalue weighted by molar-refractivity contribution is -0.120. The second-order valence-electron chi connectivity index (χ2n) is 3.98. The lowest BCUT2D eigenvalue weighted by atomic mass is 10.2. The lowest BCUT2D eigenvalue weighted by Crippen LogP contribution is -2.38. The maximum absolute atomic E-state index is 12.1. The maximum Gasteiger partial charge on any atom is 0.241 e. The highest BCUT2D eigenvalue weighted by molar-refractivity contribution is 7.89. The third-order valence-corrected chi connectivity index (χ3v) is 4.03. The van der Waals surface area contributed by atoms with Crippen LogP contribution in [0, 0.1) is 0 Å². The van der Waals surface area contributed by atoms with Gasteiger partial charge in [0.2, 0.25) is 15.9 Å². The van der Waals surface area contributed by atoms with Gasteiger partial charge in [0.15, 0.2) is 0 Å². The van der Waals surface area contributed by atoms with Crippen LogP contribution in [0.1, 0.15) is 5.56 Å². The van der Waals surface area contributed by atoms with Crippen LogP contribution in [0.15, 0.2) is 29.2 Å². The van der Waals surface area contributed by atoms with Gasteiger partial charge in [-0.15, -0.1) is 0 Å². The number of rotatable bonds is 8. The molecular formula is C12H19N3O4S. The molecule has 8 heteroatoms. The van der Waals surface area contributed by atoms with Crippen molar-refractivity contribution in [1.82, 2.24) is 10.0 Å². The van der Waals surface area contributed by atoms with E-state index in [1.165, 1.54) is 13.2 Å². The molecule has 0 aromatic heterocycles. The normalized spacial score (nSPS) is 11.3. The summed E-state index contributed by atoms with van der Waals surface area (Å²) >= 11 is 0. The molecule has 20 heavy (non-hydrogen) atoms. The minimum atomic E-state index is -3.75. The molecule has 1 rings (SSSR count). The third kappa shape index (κ3) is 4.89. The zero-order valence-electron chi connectivity index (χ0n) is 11.3. The summed E-state index contributed by atoms with van der Waals surface area (Å²) in [5, 5.41) is 2.52. The van der Waals surface area contributed by atoms with Gasteiger partial charge in [-0.3, -0.25) is 4.79 Å². The summed E-state index contributed by atoms with van der Waals surface area (Å²) in [4.78, 5) is 11.5. The van der Waals surface area contributed by atoms with E-state index in [9.17, 15) is 13.2 Å². The molecule has 0 unspecified atom stereocenters. The van der Waals surface area contributed by atoms with Crippen LogP contribution in [0.4, 0.5) is 0 Å². The molecule has 112 valence electrons. The summed E-state index contributed by atoms with van der Waals surface area (Å²) in [6.07, 6.45) is 0. The fourth-order valence-corrected chi connectivity index (χ4v) is 2.76. The van der Waals surface area contributed by atoms with Crippen LogP contribution in [0.3, 0.4) is 0 Å². The fraction of sp³-hybridized carbons (Fsp3) is 0.417. The highest BCUT2D eigenvalue weighted by Crippen LogP contribution is 2.14. The Kier molecular flexibility index (Phi) is 6.59. The van der Waals surface area contributed by atoms with Crippen molar-refractivity contribution in [3.63, 3.8) is 0 Å². The summed E-state index contributed by atoms with van der Waals surface area (Å²) in [6, 6.07) is 6.39. The van der Waals surface area contributed by atoms with Crippen molar-refractivity contribution in [3.8, 4) is 0 Å². The van der Waals surface area contributed by atoms with E-state index in [1.54, 1.807) is 18.2 Å². The number of methoxy groups -OCH3 is 1. The van der Waals surface area contributed by atoms with Gasteiger partial charge in [0.25, 0.3) is 0 Å². The van der Waals surface area contributed by atoms with Crippen molar-refractivity contribution in [2.75, 3.05) is 26.8 Å². The summed E-state index contributed by atoms with van der Waals surface area (Å²) in [5.74, 6) is -0.421. The molecule has 0 spiro atoms. The fourth-order valence-electron chi connectivity index (χ4n) is 1.53. The zero-order chi connectivity index (χ0) is 15.0. The van der Waals surface area contributed by atoms with Crippen molar-refractivity contribution < 1.29 is 17.9 Å². The van der Waals surface area contributed by atoms with E-state index in [-0.39, 0.29) is 18.0 Å². The van der Waals surface area contributed by atoms with Crippen LogP contribution in [-0.4, -0.2) is 41.1 Å². The molecule has 0 fully saturated rings. The summed E-state index contributed by atoms with van der Waals surface area (Å²) in [5.41, 5.74) is 6.00. The Morgan fingerprint density at radius 3 is 2.70 bits per heavy atom. The summed E-state index contributed by atoms with van der Waals surface area (Å²) < 4.78 is 31.2. The molecule has 7 nitrogen and oxygen atoms in total. The van der Waals surface area contributed by atoms with Crippen molar-refractivity contribution in [1.29, 1.82) is 0 Å². The van der Waals surface area contributed by atoms with Crippen LogP contribution in [0.5, 0.6) is 0 Å². The standard InChI is InChI=1S/C12H19N3O4S/c1-19-7-6-14-12(16)9-15-20(17,18)11-5-3-2-4-10(11)8-13/h2-5,15H,6-9,13H2,1H3,(H,14,16). The van der Waals surface area contributed by atoms with Gasteiger partial charge in [0.05, 0.1) is 18.0 Å². The van der Waals surface area contributed by atoms with E-state index in [0.717, 1.165) is 0 Å². The van der Waals surface area contributed by atoms with Crippen LogP contribution >= 0.6 is 0 Å². The first-order chi connectivity index (χ1) is 9.51. The molecular weight excluding hydrogens is 282 g/mol. The van der Waals surface area contributed by atoms with Crippen molar-refractivity contribution in [3.05, 3.63) is 29.8 Å². The van der Waals surface area contributed by atoms with E-state index >= 15 is 0 Å². The van der Waals surface area contributed by atoms with Crippen LogP contribution in [-0.2, 0) is 26.1 Å². The molecule has 0 bridgehead atoms. The highest BCUT2D eigenvalue weighted by atomic mass is 32.2. The number of carbonyl (C=O) groups is 1. The Balaban J connectivity index is 2.64. The quantitative estimate of drug-likeness (QED) is 0.544. The van der Waals surface area contributed by atoms with Gasteiger partial charge in [0, 0.05) is 20.2 Å². The number of hydrogen-bond acceptors (Lipinski definition) is 5. The molecule has 0 radical (unpaired) electrons. The molecule has 0 saturated carbocycles. The van der Waals surface area contributed by atoms with Crippen molar-refractivity contribution >= 4 is 15.9 Å². The smallest absolute Gasteiger partial charge is 0.241 e. The number of amides is 1. The lowest BCUT2D eigenvalue weighted by Gasteiger charge is -2.10. The molecule has 1 amide bonds. The number of hydrogen-bond donors (Lipinski definition) is 3. The molecule has 0 saturated heterocycles. The van der Waals surface area contributed by atoms with E-state index in [1.807, 2.05) is 0 Å². The number of benzene rings is 1.